The van der Waals surface area contributed by atoms with Gasteiger partial charge in [0, 0.05) is 12.8 Å². The van der Waals surface area contributed by atoms with E-state index in [0.29, 0.717) is 0 Å². The zero-order chi connectivity index (χ0) is 5.54. The van der Waals surface area contributed by atoms with Crippen molar-refractivity contribution >= 4 is 0 Å². The van der Waals surface area contributed by atoms with Gasteiger partial charge < -0.3 is 17.7 Å². The maximum absolute atomic E-state index is 5.01. The Hall–Kier alpha value is -0.190. The fraction of sp³-hybridized carbons (Fsp3) is 0.667. The molecule has 0 aliphatic rings. The van der Waals surface area contributed by atoms with Crippen LogP contribution in [0.3, 0.4) is 0 Å². The molecule has 0 saturated carbocycles. The second-order valence-electron chi connectivity index (χ2n) is 1.50. The van der Waals surface area contributed by atoms with E-state index < -0.39 is 0 Å². The highest BCUT2D eigenvalue weighted by Crippen LogP contribution is 1.77. The number of rotatable bonds is 3. The molecular formula is C6H12ClN. The molecule has 0 bridgehead atoms. The average molecular weight is 134 g/mol. The van der Waals surface area contributed by atoms with Crippen LogP contribution in [0.2, 0.25) is 0 Å². The lowest BCUT2D eigenvalue weighted by Crippen LogP contribution is -3.00. The van der Waals surface area contributed by atoms with Gasteiger partial charge in [0.1, 0.15) is 0 Å². The number of hydrogen-bond donors (Lipinski definition) is 1. The van der Waals surface area contributed by atoms with E-state index in [1.54, 1.807) is 0 Å². The third kappa shape index (κ3) is 9.26. The molecule has 0 aromatic rings. The summed E-state index contributed by atoms with van der Waals surface area (Å²) in [7, 11) is 2.05. The molecule has 0 fully saturated rings. The van der Waals surface area contributed by atoms with Crippen LogP contribution in [-0.2, 0) is 0 Å². The third-order valence-electron chi connectivity index (χ3n) is 0.814. The lowest BCUT2D eigenvalue weighted by atomic mass is 10.3. The van der Waals surface area contributed by atoms with Crippen LogP contribution in [0.5, 0.6) is 0 Å². The Bertz CT molecular complexity index is 65.4. The smallest absolute Gasteiger partial charge is 0.0762 e. The predicted octanol–water partition coefficient (Wildman–Crippen LogP) is -3.40. The summed E-state index contributed by atoms with van der Waals surface area (Å²) in [6, 6.07) is 0. The quantitative estimate of drug-likeness (QED) is 0.305. The molecule has 0 amide bonds. The molecule has 2 heteroatoms. The number of terminal acetylenes is 1. The molecule has 0 spiro atoms. The molecule has 0 aromatic heterocycles. The van der Waals surface area contributed by atoms with Gasteiger partial charge in [-0.25, -0.2) is 0 Å². The first-order valence-electron chi connectivity index (χ1n) is 2.63. The van der Waals surface area contributed by atoms with Crippen molar-refractivity contribution in [2.24, 2.45) is 0 Å². The topological polar surface area (TPSA) is 16.6 Å². The average Bonchev–Trinajstić information content (AvgIpc) is 1.69. The van der Waals surface area contributed by atoms with Crippen LogP contribution in [0.15, 0.2) is 0 Å². The van der Waals surface area contributed by atoms with Crippen molar-refractivity contribution in [3.05, 3.63) is 0 Å². The minimum Gasteiger partial charge on any atom is -1.00 e. The molecule has 0 aliphatic carbocycles. The monoisotopic (exact) mass is 133 g/mol. The van der Waals surface area contributed by atoms with Gasteiger partial charge in [-0.15, -0.1) is 12.3 Å². The van der Waals surface area contributed by atoms with Crippen molar-refractivity contribution in [1.29, 1.82) is 0 Å². The molecule has 0 atom stereocenters. The van der Waals surface area contributed by atoms with Gasteiger partial charge >= 0.3 is 0 Å². The van der Waals surface area contributed by atoms with E-state index >= 15 is 0 Å². The van der Waals surface area contributed by atoms with E-state index in [1.165, 1.54) is 0 Å². The second kappa shape index (κ2) is 9.94. The van der Waals surface area contributed by atoms with Gasteiger partial charge in [-0.3, -0.25) is 0 Å². The number of halogens is 1. The Kier molecular flexibility index (Phi) is 13.3. The maximum atomic E-state index is 5.01. The summed E-state index contributed by atoms with van der Waals surface area (Å²) in [5, 5.41) is 2.14. The number of nitrogens with two attached hydrogens (primary N) is 1. The normalized spacial score (nSPS) is 7.00. The Balaban J connectivity index is 0. The lowest BCUT2D eigenvalue weighted by molar-refractivity contribution is -0.627. The van der Waals surface area contributed by atoms with Gasteiger partial charge in [0.2, 0.25) is 0 Å². The predicted molar refractivity (Wildman–Crippen MR) is 30.8 cm³/mol. The van der Waals surface area contributed by atoms with Crippen LogP contribution in [0.25, 0.3) is 0 Å². The molecule has 1 nitrogen and oxygen atoms in total. The SMILES string of the molecule is C#CCCC[NH2+]C.[Cl-]. The van der Waals surface area contributed by atoms with Crippen molar-refractivity contribution in [3.63, 3.8) is 0 Å². The fourth-order valence-corrected chi connectivity index (χ4v) is 0.408. The standard InChI is InChI=1S/C6H11N.ClH/c1-3-4-5-6-7-2;/h1,7H,4-6H2,2H3;1H. The van der Waals surface area contributed by atoms with Gasteiger partial charge in [0.25, 0.3) is 0 Å². The summed E-state index contributed by atoms with van der Waals surface area (Å²) >= 11 is 0. The molecule has 0 unspecified atom stereocenters. The third-order valence-corrected chi connectivity index (χ3v) is 0.814. The molecule has 0 rings (SSSR count). The van der Waals surface area contributed by atoms with Crippen molar-refractivity contribution < 1.29 is 17.7 Å². The zero-order valence-electron chi connectivity index (χ0n) is 5.15. The Morgan fingerprint density at radius 2 is 2.25 bits per heavy atom. The van der Waals surface area contributed by atoms with E-state index in [1.807, 2.05) is 0 Å². The molecule has 0 saturated heterocycles. The van der Waals surface area contributed by atoms with E-state index in [9.17, 15) is 0 Å². The lowest BCUT2D eigenvalue weighted by Gasteiger charge is -1.86. The van der Waals surface area contributed by atoms with Crippen molar-refractivity contribution in [2.75, 3.05) is 13.6 Å². The zero-order valence-corrected chi connectivity index (χ0v) is 5.91. The van der Waals surface area contributed by atoms with Crippen molar-refractivity contribution in [2.45, 2.75) is 12.8 Å². The van der Waals surface area contributed by atoms with Gasteiger partial charge in [0.05, 0.1) is 13.6 Å². The van der Waals surface area contributed by atoms with E-state index in [-0.39, 0.29) is 12.4 Å². The second-order valence-corrected chi connectivity index (χ2v) is 1.50. The first-order valence-corrected chi connectivity index (χ1v) is 2.63. The van der Waals surface area contributed by atoms with Gasteiger partial charge in [-0.1, -0.05) is 0 Å². The van der Waals surface area contributed by atoms with Crippen LogP contribution < -0.4 is 17.7 Å². The Morgan fingerprint density at radius 3 is 2.62 bits per heavy atom. The Morgan fingerprint density at radius 1 is 1.62 bits per heavy atom. The van der Waals surface area contributed by atoms with E-state index in [4.69, 9.17) is 6.42 Å². The van der Waals surface area contributed by atoms with E-state index in [2.05, 4.69) is 18.3 Å². The summed E-state index contributed by atoms with van der Waals surface area (Å²) in [5.41, 5.74) is 0. The Labute approximate surface area is 57.3 Å². The molecule has 0 aromatic carbocycles. The first-order chi connectivity index (χ1) is 3.41. The number of unbranched alkanes of at least 4 members (excludes halogenated alkanes) is 1. The van der Waals surface area contributed by atoms with E-state index in [0.717, 1.165) is 19.4 Å². The molecule has 0 radical (unpaired) electrons. The van der Waals surface area contributed by atoms with Crippen LogP contribution in [0.4, 0.5) is 0 Å². The highest BCUT2D eigenvalue weighted by atomic mass is 35.5. The molecule has 48 valence electrons. The minimum atomic E-state index is 0. The van der Waals surface area contributed by atoms with Crippen molar-refractivity contribution in [1.82, 2.24) is 0 Å². The summed E-state index contributed by atoms with van der Waals surface area (Å²) in [5.74, 6) is 2.58. The van der Waals surface area contributed by atoms with Gasteiger partial charge in [0.15, 0.2) is 0 Å². The van der Waals surface area contributed by atoms with Crippen LogP contribution in [0, 0.1) is 12.3 Å². The number of hydrogen-bond acceptors (Lipinski definition) is 0. The summed E-state index contributed by atoms with van der Waals surface area (Å²) in [4.78, 5) is 0. The summed E-state index contributed by atoms with van der Waals surface area (Å²) < 4.78 is 0. The highest BCUT2D eigenvalue weighted by molar-refractivity contribution is 4.82. The molecule has 0 heterocycles. The minimum absolute atomic E-state index is 0. The number of quaternary nitrogens is 1. The van der Waals surface area contributed by atoms with Gasteiger partial charge in [-0.2, -0.15) is 0 Å². The van der Waals surface area contributed by atoms with Crippen LogP contribution in [0.1, 0.15) is 12.8 Å². The van der Waals surface area contributed by atoms with Gasteiger partial charge in [-0.05, 0) is 0 Å². The molecule has 0 aliphatic heterocycles. The maximum Gasteiger partial charge on any atom is 0.0762 e. The van der Waals surface area contributed by atoms with Crippen LogP contribution >= 0.6 is 0 Å². The molecule has 2 N–H and O–H groups in total. The van der Waals surface area contributed by atoms with Crippen LogP contribution in [-0.4, -0.2) is 13.6 Å². The summed E-state index contributed by atoms with van der Waals surface area (Å²) in [6.07, 6.45) is 7.07. The summed E-state index contributed by atoms with van der Waals surface area (Å²) in [6.45, 7) is 1.16. The molecule has 8 heavy (non-hydrogen) atoms. The largest absolute Gasteiger partial charge is 1.00 e. The fourth-order valence-electron chi connectivity index (χ4n) is 0.408. The molecular weight excluding hydrogens is 122 g/mol. The first kappa shape index (κ1) is 10.7. The van der Waals surface area contributed by atoms with Crippen molar-refractivity contribution in [3.8, 4) is 12.3 Å². The highest BCUT2D eigenvalue weighted by Gasteiger charge is 1.79.